The first-order valence-corrected chi connectivity index (χ1v) is 7.04. The van der Waals surface area contributed by atoms with Crippen molar-refractivity contribution in [3.05, 3.63) is 35.0 Å². The summed E-state index contributed by atoms with van der Waals surface area (Å²) in [6.07, 6.45) is 0.866. The molecule has 0 unspecified atom stereocenters. The molecule has 0 radical (unpaired) electrons. The monoisotopic (exact) mass is 271 g/mol. The zero-order chi connectivity index (χ0) is 15.1. The van der Waals surface area contributed by atoms with Gasteiger partial charge in [0.2, 0.25) is 0 Å². The second-order valence-corrected chi connectivity index (χ2v) is 6.65. The number of nitrogens with two attached hydrogens (primary N) is 1. The lowest BCUT2D eigenvalue weighted by Gasteiger charge is -2.21. The van der Waals surface area contributed by atoms with Crippen molar-refractivity contribution in [1.29, 1.82) is 0 Å². The van der Waals surface area contributed by atoms with E-state index in [1.54, 1.807) is 0 Å². The predicted molar refractivity (Wildman–Crippen MR) is 87.5 cm³/mol. The lowest BCUT2D eigenvalue weighted by atomic mass is 9.93. The summed E-state index contributed by atoms with van der Waals surface area (Å²) < 4.78 is 0. The minimum atomic E-state index is -0.198. The Morgan fingerprint density at radius 1 is 1.15 bits per heavy atom. The summed E-state index contributed by atoms with van der Waals surface area (Å²) in [4.78, 5) is 6.84. The highest BCUT2D eigenvalue weighted by molar-refractivity contribution is 5.94. The predicted octanol–water partition coefficient (Wildman–Crippen LogP) is 3.20. The molecule has 3 nitrogen and oxygen atoms in total. The molecule has 2 rings (SSSR count). The molecule has 0 aliphatic carbocycles. The Bertz CT molecular complexity index is 637. The van der Waals surface area contributed by atoms with Gasteiger partial charge in [-0.2, -0.15) is 0 Å². The van der Waals surface area contributed by atoms with Crippen molar-refractivity contribution in [2.24, 2.45) is 5.73 Å². The Balaban J connectivity index is 2.68. The summed E-state index contributed by atoms with van der Waals surface area (Å²) in [5.41, 5.74) is 11.8. The SMILES string of the molecule is Cc1cc(N(C)C)c2cc(CC(C)(C)N)cc(C)c2n1. The zero-order valence-electron chi connectivity index (χ0n) is 13.4. The van der Waals surface area contributed by atoms with E-state index in [2.05, 4.69) is 58.0 Å². The molecule has 0 fully saturated rings. The molecule has 1 aromatic carbocycles. The van der Waals surface area contributed by atoms with Gasteiger partial charge in [-0.05, 0) is 57.4 Å². The van der Waals surface area contributed by atoms with Gasteiger partial charge in [0.15, 0.2) is 0 Å². The van der Waals surface area contributed by atoms with Gasteiger partial charge in [0.05, 0.1) is 5.52 Å². The van der Waals surface area contributed by atoms with Crippen molar-refractivity contribution in [2.75, 3.05) is 19.0 Å². The molecule has 20 heavy (non-hydrogen) atoms. The Labute approximate surface area is 121 Å². The number of benzene rings is 1. The maximum absolute atomic E-state index is 6.16. The van der Waals surface area contributed by atoms with Crippen LogP contribution >= 0.6 is 0 Å². The molecule has 3 heteroatoms. The third-order valence-electron chi connectivity index (χ3n) is 3.41. The van der Waals surface area contributed by atoms with Gasteiger partial charge in [0, 0.05) is 36.4 Å². The van der Waals surface area contributed by atoms with E-state index in [9.17, 15) is 0 Å². The van der Waals surface area contributed by atoms with Crippen LogP contribution in [0.3, 0.4) is 0 Å². The van der Waals surface area contributed by atoms with Crippen LogP contribution in [-0.4, -0.2) is 24.6 Å². The van der Waals surface area contributed by atoms with Crippen LogP contribution in [0.1, 0.15) is 30.7 Å². The molecule has 2 aromatic rings. The number of anilines is 1. The molecule has 2 N–H and O–H groups in total. The summed E-state index contributed by atoms with van der Waals surface area (Å²) in [6.45, 7) is 8.30. The van der Waals surface area contributed by atoms with E-state index in [0.717, 1.165) is 17.6 Å². The van der Waals surface area contributed by atoms with Gasteiger partial charge in [0.25, 0.3) is 0 Å². The molecule has 0 saturated heterocycles. The zero-order valence-corrected chi connectivity index (χ0v) is 13.4. The van der Waals surface area contributed by atoms with Crippen LogP contribution in [0.4, 0.5) is 5.69 Å². The van der Waals surface area contributed by atoms with Gasteiger partial charge in [-0.15, -0.1) is 0 Å². The number of nitrogens with zero attached hydrogens (tertiary/aromatic N) is 2. The number of aryl methyl sites for hydroxylation is 2. The van der Waals surface area contributed by atoms with Crippen LogP contribution in [0, 0.1) is 13.8 Å². The maximum Gasteiger partial charge on any atom is 0.0755 e. The third-order valence-corrected chi connectivity index (χ3v) is 3.41. The summed E-state index contributed by atoms with van der Waals surface area (Å²) in [5.74, 6) is 0. The van der Waals surface area contributed by atoms with Crippen LogP contribution < -0.4 is 10.6 Å². The molecule has 0 saturated carbocycles. The van der Waals surface area contributed by atoms with Crippen LogP contribution in [-0.2, 0) is 6.42 Å². The Kier molecular flexibility index (Phi) is 3.74. The Hall–Kier alpha value is -1.61. The number of pyridine rings is 1. The standard InChI is InChI=1S/C17H25N3/c1-11-7-13(10-17(3,4)18)9-14-15(20(5)6)8-12(2)19-16(11)14/h7-9H,10,18H2,1-6H3. The molecule has 0 bridgehead atoms. The summed E-state index contributed by atoms with van der Waals surface area (Å²) in [5, 5.41) is 1.21. The highest BCUT2D eigenvalue weighted by Crippen LogP contribution is 2.29. The molecule has 108 valence electrons. The fourth-order valence-corrected chi connectivity index (χ4v) is 2.68. The van der Waals surface area contributed by atoms with E-state index in [4.69, 9.17) is 10.7 Å². The number of aromatic nitrogens is 1. The first-order valence-electron chi connectivity index (χ1n) is 7.04. The van der Waals surface area contributed by atoms with Crippen LogP contribution in [0.25, 0.3) is 10.9 Å². The Morgan fingerprint density at radius 3 is 2.35 bits per heavy atom. The normalized spacial score (nSPS) is 11.9. The molecule has 0 aliphatic heterocycles. The summed E-state index contributed by atoms with van der Waals surface area (Å²) >= 11 is 0. The number of hydrogen-bond acceptors (Lipinski definition) is 3. The van der Waals surface area contributed by atoms with Crippen LogP contribution in [0.2, 0.25) is 0 Å². The second-order valence-electron chi connectivity index (χ2n) is 6.65. The first-order chi connectivity index (χ1) is 9.17. The average molecular weight is 271 g/mol. The quantitative estimate of drug-likeness (QED) is 0.932. The second kappa shape index (κ2) is 5.06. The molecular weight excluding hydrogens is 246 g/mol. The fraction of sp³-hybridized carbons (Fsp3) is 0.471. The van der Waals surface area contributed by atoms with Gasteiger partial charge in [-0.1, -0.05) is 6.07 Å². The van der Waals surface area contributed by atoms with Crippen molar-refractivity contribution in [2.45, 2.75) is 39.7 Å². The van der Waals surface area contributed by atoms with Crippen molar-refractivity contribution < 1.29 is 0 Å². The molecule has 1 heterocycles. The maximum atomic E-state index is 6.16. The molecule has 0 spiro atoms. The van der Waals surface area contributed by atoms with Crippen molar-refractivity contribution in [3.63, 3.8) is 0 Å². The van der Waals surface area contributed by atoms with Gasteiger partial charge in [-0.3, -0.25) is 4.98 Å². The topological polar surface area (TPSA) is 42.1 Å². The van der Waals surface area contributed by atoms with E-state index in [0.29, 0.717) is 0 Å². The Morgan fingerprint density at radius 2 is 1.80 bits per heavy atom. The van der Waals surface area contributed by atoms with E-state index in [1.807, 2.05) is 6.92 Å². The average Bonchev–Trinajstić information content (AvgIpc) is 2.27. The van der Waals surface area contributed by atoms with E-state index in [-0.39, 0.29) is 5.54 Å². The first kappa shape index (κ1) is 14.8. The van der Waals surface area contributed by atoms with Crippen LogP contribution in [0.15, 0.2) is 18.2 Å². The van der Waals surface area contributed by atoms with E-state index < -0.39 is 0 Å². The molecule has 1 aromatic heterocycles. The number of rotatable bonds is 3. The largest absolute Gasteiger partial charge is 0.377 e. The minimum absolute atomic E-state index is 0.198. The third kappa shape index (κ3) is 3.10. The highest BCUT2D eigenvalue weighted by Gasteiger charge is 2.15. The van der Waals surface area contributed by atoms with E-state index >= 15 is 0 Å². The molecular formula is C17H25N3. The highest BCUT2D eigenvalue weighted by atomic mass is 15.1. The van der Waals surface area contributed by atoms with Gasteiger partial charge in [-0.25, -0.2) is 0 Å². The lowest BCUT2D eigenvalue weighted by molar-refractivity contribution is 0.517. The van der Waals surface area contributed by atoms with Crippen molar-refractivity contribution >= 4 is 16.6 Å². The molecule has 0 amide bonds. The minimum Gasteiger partial charge on any atom is -0.377 e. The number of fused-ring (bicyclic) bond motifs is 1. The van der Waals surface area contributed by atoms with E-state index in [1.165, 1.54) is 22.2 Å². The van der Waals surface area contributed by atoms with Gasteiger partial charge < -0.3 is 10.6 Å². The molecule has 0 aliphatic rings. The lowest BCUT2D eigenvalue weighted by Crippen LogP contribution is -2.34. The molecule has 0 atom stereocenters. The van der Waals surface area contributed by atoms with Crippen molar-refractivity contribution in [1.82, 2.24) is 4.98 Å². The summed E-state index contributed by atoms with van der Waals surface area (Å²) in [6, 6.07) is 6.58. The van der Waals surface area contributed by atoms with Crippen molar-refractivity contribution in [3.8, 4) is 0 Å². The van der Waals surface area contributed by atoms with Gasteiger partial charge >= 0.3 is 0 Å². The number of hydrogen-bond donors (Lipinski definition) is 1. The fourth-order valence-electron chi connectivity index (χ4n) is 2.68. The van der Waals surface area contributed by atoms with Crippen LogP contribution in [0.5, 0.6) is 0 Å². The van der Waals surface area contributed by atoms with Gasteiger partial charge in [0.1, 0.15) is 0 Å². The smallest absolute Gasteiger partial charge is 0.0755 e. The summed E-state index contributed by atoms with van der Waals surface area (Å²) in [7, 11) is 4.15.